The maximum absolute atomic E-state index is 12.9. The highest BCUT2D eigenvalue weighted by atomic mass is 35.5. The minimum atomic E-state index is 0.0140. The molecular formula is C21H29ClN2O2. The number of rotatable bonds is 5. The fourth-order valence-electron chi connectivity index (χ4n) is 4.52. The van der Waals surface area contributed by atoms with Crippen molar-refractivity contribution in [3.8, 4) is 0 Å². The van der Waals surface area contributed by atoms with Crippen molar-refractivity contribution in [2.24, 2.45) is 11.8 Å². The molecule has 0 saturated heterocycles. The maximum Gasteiger partial charge on any atom is 0.223 e. The van der Waals surface area contributed by atoms with Gasteiger partial charge in [0.05, 0.1) is 6.04 Å². The summed E-state index contributed by atoms with van der Waals surface area (Å²) in [5.74, 6) is 0.708. The summed E-state index contributed by atoms with van der Waals surface area (Å²) in [5, 5.41) is 7.03. The summed E-state index contributed by atoms with van der Waals surface area (Å²) in [6.07, 6.45) is 8.22. The van der Waals surface area contributed by atoms with Gasteiger partial charge in [0, 0.05) is 23.9 Å². The van der Waals surface area contributed by atoms with Crippen LogP contribution in [0.3, 0.4) is 0 Å². The number of nitrogens with one attached hydrogen (secondary N) is 2. The highest BCUT2D eigenvalue weighted by molar-refractivity contribution is 6.30. The fourth-order valence-corrected chi connectivity index (χ4v) is 4.72. The standard InChI is InChI=1S/C21H29ClN2O2/c1-14(25)23-19-11-9-16(10-12-19)21(26)24-20(15-5-2-3-6-15)17-7-4-8-18(22)13-17/h4,7-8,13,15-16,19-20H,2-3,5-6,9-12H2,1H3,(H,23,25)(H,24,26)/t16?,19?,20-/m0/s1. The second-order valence-corrected chi connectivity index (χ2v) is 8.27. The van der Waals surface area contributed by atoms with Crippen LogP contribution in [0.1, 0.15) is 69.9 Å². The molecule has 0 bridgehead atoms. The van der Waals surface area contributed by atoms with Gasteiger partial charge in [-0.2, -0.15) is 0 Å². The Morgan fingerprint density at radius 3 is 2.38 bits per heavy atom. The third-order valence-corrected chi connectivity index (χ3v) is 6.12. The van der Waals surface area contributed by atoms with E-state index in [9.17, 15) is 9.59 Å². The van der Waals surface area contributed by atoms with Gasteiger partial charge in [0.25, 0.3) is 0 Å². The van der Waals surface area contributed by atoms with Crippen LogP contribution in [0.15, 0.2) is 24.3 Å². The van der Waals surface area contributed by atoms with Crippen LogP contribution >= 0.6 is 11.6 Å². The van der Waals surface area contributed by atoms with Gasteiger partial charge in [-0.25, -0.2) is 0 Å². The summed E-state index contributed by atoms with van der Waals surface area (Å²) >= 11 is 6.19. The molecule has 1 aromatic rings. The van der Waals surface area contributed by atoms with E-state index in [0.29, 0.717) is 5.92 Å². The number of carbonyl (C=O) groups excluding carboxylic acids is 2. The van der Waals surface area contributed by atoms with Crippen molar-refractivity contribution in [1.29, 1.82) is 0 Å². The Kier molecular flexibility index (Phi) is 6.58. The van der Waals surface area contributed by atoms with Crippen LogP contribution in [0.2, 0.25) is 5.02 Å². The molecule has 2 saturated carbocycles. The van der Waals surface area contributed by atoms with Crippen molar-refractivity contribution in [3.05, 3.63) is 34.9 Å². The van der Waals surface area contributed by atoms with Crippen LogP contribution in [0.5, 0.6) is 0 Å². The van der Waals surface area contributed by atoms with Crippen molar-refractivity contribution in [3.63, 3.8) is 0 Å². The zero-order valence-electron chi connectivity index (χ0n) is 15.5. The highest BCUT2D eigenvalue weighted by Crippen LogP contribution is 2.37. The van der Waals surface area contributed by atoms with E-state index in [-0.39, 0.29) is 29.8 Å². The highest BCUT2D eigenvalue weighted by Gasteiger charge is 2.32. The monoisotopic (exact) mass is 376 g/mol. The maximum atomic E-state index is 12.9. The summed E-state index contributed by atoms with van der Waals surface area (Å²) in [5.41, 5.74) is 1.12. The first kappa shape index (κ1) is 19.2. The van der Waals surface area contributed by atoms with Gasteiger partial charge < -0.3 is 10.6 Å². The van der Waals surface area contributed by atoms with Gasteiger partial charge in [0.1, 0.15) is 0 Å². The molecule has 2 aliphatic carbocycles. The molecule has 1 aromatic carbocycles. The van der Waals surface area contributed by atoms with Gasteiger partial charge in [-0.1, -0.05) is 36.6 Å². The number of amides is 2. The van der Waals surface area contributed by atoms with Crippen molar-refractivity contribution in [2.45, 2.75) is 70.4 Å². The zero-order valence-corrected chi connectivity index (χ0v) is 16.2. The number of carbonyl (C=O) groups is 2. The molecule has 1 atom stereocenters. The quantitative estimate of drug-likeness (QED) is 0.801. The van der Waals surface area contributed by atoms with Crippen LogP contribution in [-0.4, -0.2) is 17.9 Å². The number of benzene rings is 1. The SMILES string of the molecule is CC(=O)NC1CCC(C(=O)N[C@H](c2cccc(Cl)c2)C2CCCC2)CC1. The number of hydrogen-bond acceptors (Lipinski definition) is 2. The van der Waals surface area contributed by atoms with Crippen molar-refractivity contribution < 1.29 is 9.59 Å². The molecule has 2 fully saturated rings. The van der Waals surface area contributed by atoms with Gasteiger partial charge in [-0.05, 0) is 62.1 Å². The molecule has 0 spiro atoms. The largest absolute Gasteiger partial charge is 0.354 e. The average molecular weight is 377 g/mol. The molecule has 0 aromatic heterocycles. The summed E-state index contributed by atoms with van der Waals surface area (Å²) in [7, 11) is 0. The van der Waals surface area contributed by atoms with Crippen LogP contribution in [0.4, 0.5) is 0 Å². The smallest absolute Gasteiger partial charge is 0.223 e. The van der Waals surface area contributed by atoms with Crippen molar-refractivity contribution >= 4 is 23.4 Å². The Balaban J connectivity index is 1.63. The zero-order chi connectivity index (χ0) is 18.5. The van der Waals surface area contributed by atoms with Crippen molar-refractivity contribution in [2.75, 3.05) is 0 Å². The minimum absolute atomic E-state index is 0.0140. The molecule has 2 N–H and O–H groups in total. The molecule has 0 heterocycles. The number of hydrogen-bond donors (Lipinski definition) is 2. The lowest BCUT2D eigenvalue weighted by molar-refractivity contribution is -0.127. The predicted molar refractivity (Wildman–Crippen MR) is 104 cm³/mol. The Morgan fingerprint density at radius 2 is 1.77 bits per heavy atom. The van der Waals surface area contributed by atoms with E-state index in [0.717, 1.165) is 49.1 Å². The Morgan fingerprint density at radius 1 is 1.08 bits per heavy atom. The Bertz CT molecular complexity index is 635. The molecule has 142 valence electrons. The van der Waals surface area contributed by atoms with E-state index in [1.807, 2.05) is 18.2 Å². The molecule has 2 amide bonds. The average Bonchev–Trinajstić information content (AvgIpc) is 3.14. The van der Waals surface area contributed by atoms with Crippen LogP contribution in [-0.2, 0) is 9.59 Å². The molecule has 3 rings (SSSR count). The van der Waals surface area contributed by atoms with Gasteiger partial charge in [-0.3, -0.25) is 9.59 Å². The van der Waals surface area contributed by atoms with Gasteiger partial charge in [0.15, 0.2) is 0 Å². The van der Waals surface area contributed by atoms with E-state index in [2.05, 4.69) is 16.7 Å². The van der Waals surface area contributed by atoms with Crippen LogP contribution in [0.25, 0.3) is 0 Å². The second kappa shape index (κ2) is 8.90. The van der Waals surface area contributed by atoms with Gasteiger partial charge in [-0.15, -0.1) is 0 Å². The third kappa shape index (κ3) is 5.00. The van der Waals surface area contributed by atoms with Gasteiger partial charge >= 0.3 is 0 Å². The molecule has 5 heteroatoms. The Labute approximate surface area is 161 Å². The summed E-state index contributed by atoms with van der Waals surface area (Å²) in [4.78, 5) is 24.1. The summed E-state index contributed by atoms with van der Waals surface area (Å²) in [6.45, 7) is 1.55. The first-order valence-corrected chi connectivity index (χ1v) is 10.2. The molecule has 0 unspecified atom stereocenters. The first-order chi connectivity index (χ1) is 12.5. The fraction of sp³-hybridized carbons (Fsp3) is 0.619. The summed E-state index contributed by atoms with van der Waals surface area (Å²) in [6, 6.07) is 8.17. The molecule has 26 heavy (non-hydrogen) atoms. The minimum Gasteiger partial charge on any atom is -0.354 e. The topological polar surface area (TPSA) is 58.2 Å². The van der Waals surface area contributed by atoms with E-state index in [1.54, 1.807) is 6.92 Å². The van der Waals surface area contributed by atoms with E-state index in [1.165, 1.54) is 12.8 Å². The predicted octanol–water partition coefficient (Wildman–Crippen LogP) is 4.38. The van der Waals surface area contributed by atoms with E-state index < -0.39 is 0 Å². The summed E-state index contributed by atoms with van der Waals surface area (Å²) < 4.78 is 0. The lowest BCUT2D eigenvalue weighted by Crippen LogP contribution is -2.42. The molecule has 4 nitrogen and oxygen atoms in total. The normalized spacial score (nSPS) is 24.8. The Hall–Kier alpha value is -1.55. The molecule has 0 aliphatic heterocycles. The second-order valence-electron chi connectivity index (χ2n) is 7.83. The van der Waals surface area contributed by atoms with E-state index >= 15 is 0 Å². The number of halogens is 1. The molecular weight excluding hydrogens is 348 g/mol. The van der Waals surface area contributed by atoms with Crippen LogP contribution < -0.4 is 10.6 Å². The van der Waals surface area contributed by atoms with Gasteiger partial charge in [0.2, 0.25) is 11.8 Å². The first-order valence-electron chi connectivity index (χ1n) is 9.86. The lowest BCUT2D eigenvalue weighted by Gasteiger charge is -2.31. The lowest BCUT2D eigenvalue weighted by atomic mass is 9.84. The van der Waals surface area contributed by atoms with E-state index in [4.69, 9.17) is 11.6 Å². The molecule has 0 radical (unpaired) electrons. The van der Waals surface area contributed by atoms with Crippen molar-refractivity contribution in [1.82, 2.24) is 10.6 Å². The third-order valence-electron chi connectivity index (χ3n) is 5.88. The molecule has 2 aliphatic rings. The van der Waals surface area contributed by atoms with Crippen LogP contribution in [0, 0.1) is 11.8 Å².